The summed E-state index contributed by atoms with van der Waals surface area (Å²) in [5.74, 6) is 0.934. The number of benzene rings is 1. The molecule has 1 aromatic carbocycles. The summed E-state index contributed by atoms with van der Waals surface area (Å²) >= 11 is 7.87. The van der Waals surface area contributed by atoms with E-state index in [2.05, 4.69) is 20.0 Å². The number of hydrogen-bond donors (Lipinski definition) is 1. The zero-order chi connectivity index (χ0) is 17.2. The van der Waals surface area contributed by atoms with Crippen LogP contribution in [-0.4, -0.2) is 26.4 Å². The standard InChI is InChI=1S/C17H15ClN4O2S/c18-14-4-2-1-3-11(14)7-12-8-15(24-21-12)16(23)19-9-13-10-22-5-6-25-17(22)20-13/h1-4,8,10H,5-7,9H2,(H,19,23). The van der Waals surface area contributed by atoms with Crippen LogP contribution in [0, 0.1) is 0 Å². The predicted octanol–water partition coefficient (Wildman–Crippen LogP) is 3.15. The monoisotopic (exact) mass is 374 g/mol. The molecule has 8 heteroatoms. The average molecular weight is 375 g/mol. The minimum Gasteiger partial charge on any atom is -0.351 e. The average Bonchev–Trinajstić information content (AvgIpc) is 3.30. The summed E-state index contributed by atoms with van der Waals surface area (Å²) in [6, 6.07) is 9.17. The van der Waals surface area contributed by atoms with Crippen LogP contribution in [0.4, 0.5) is 0 Å². The van der Waals surface area contributed by atoms with Gasteiger partial charge in [-0.25, -0.2) is 4.98 Å². The van der Waals surface area contributed by atoms with Crippen LogP contribution in [0.3, 0.4) is 0 Å². The lowest BCUT2D eigenvalue weighted by Gasteiger charge is -2.00. The zero-order valence-corrected chi connectivity index (χ0v) is 14.8. The third-order valence-electron chi connectivity index (χ3n) is 3.90. The molecule has 0 spiro atoms. The first-order valence-corrected chi connectivity index (χ1v) is 9.21. The van der Waals surface area contributed by atoms with Gasteiger partial charge in [-0.3, -0.25) is 4.79 Å². The Hall–Kier alpha value is -2.25. The number of carbonyl (C=O) groups is 1. The van der Waals surface area contributed by atoms with Crippen LogP contribution in [0.2, 0.25) is 5.02 Å². The van der Waals surface area contributed by atoms with Gasteiger partial charge in [0.1, 0.15) is 0 Å². The fourth-order valence-corrected chi connectivity index (χ4v) is 3.81. The first-order valence-electron chi connectivity index (χ1n) is 7.85. The zero-order valence-electron chi connectivity index (χ0n) is 13.2. The Kier molecular flexibility index (Phi) is 4.50. The fourth-order valence-electron chi connectivity index (χ4n) is 2.64. The molecule has 0 unspecified atom stereocenters. The predicted molar refractivity (Wildman–Crippen MR) is 94.9 cm³/mol. The summed E-state index contributed by atoms with van der Waals surface area (Å²) < 4.78 is 7.25. The van der Waals surface area contributed by atoms with E-state index in [9.17, 15) is 4.79 Å². The van der Waals surface area contributed by atoms with Crippen molar-refractivity contribution in [2.75, 3.05) is 5.75 Å². The van der Waals surface area contributed by atoms with Crippen LogP contribution in [0.15, 0.2) is 46.2 Å². The van der Waals surface area contributed by atoms with Gasteiger partial charge in [-0.2, -0.15) is 0 Å². The topological polar surface area (TPSA) is 73.0 Å². The molecule has 3 heterocycles. The highest BCUT2D eigenvalue weighted by Gasteiger charge is 2.17. The van der Waals surface area contributed by atoms with E-state index in [-0.39, 0.29) is 11.7 Å². The van der Waals surface area contributed by atoms with Gasteiger partial charge in [-0.1, -0.05) is 46.7 Å². The molecule has 0 fully saturated rings. The maximum Gasteiger partial charge on any atom is 0.290 e. The van der Waals surface area contributed by atoms with E-state index in [1.165, 1.54) is 0 Å². The Morgan fingerprint density at radius 1 is 1.36 bits per heavy atom. The van der Waals surface area contributed by atoms with E-state index >= 15 is 0 Å². The smallest absolute Gasteiger partial charge is 0.290 e. The maximum atomic E-state index is 12.2. The highest BCUT2D eigenvalue weighted by Crippen LogP contribution is 2.24. The van der Waals surface area contributed by atoms with Crippen molar-refractivity contribution < 1.29 is 9.32 Å². The number of aryl methyl sites for hydroxylation is 1. The molecule has 1 amide bonds. The van der Waals surface area contributed by atoms with Crippen molar-refractivity contribution >= 4 is 29.3 Å². The van der Waals surface area contributed by atoms with Gasteiger partial charge in [0.2, 0.25) is 5.76 Å². The minimum absolute atomic E-state index is 0.183. The lowest BCUT2D eigenvalue weighted by Crippen LogP contribution is -2.22. The van der Waals surface area contributed by atoms with Gasteiger partial charge in [0.25, 0.3) is 5.91 Å². The fraction of sp³-hybridized carbons (Fsp3) is 0.235. The molecule has 2 aromatic heterocycles. The molecule has 0 saturated heterocycles. The quantitative estimate of drug-likeness (QED) is 0.742. The number of rotatable bonds is 5. The van der Waals surface area contributed by atoms with Crippen LogP contribution in [0.25, 0.3) is 0 Å². The van der Waals surface area contributed by atoms with Crippen molar-refractivity contribution in [3.63, 3.8) is 0 Å². The summed E-state index contributed by atoms with van der Waals surface area (Å²) in [6.45, 7) is 1.33. The van der Waals surface area contributed by atoms with Crippen LogP contribution in [-0.2, 0) is 19.5 Å². The van der Waals surface area contributed by atoms with Crippen LogP contribution < -0.4 is 5.32 Å². The molecule has 4 rings (SSSR count). The van der Waals surface area contributed by atoms with E-state index in [0.29, 0.717) is 23.7 Å². The molecular formula is C17H15ClN4O2S. The lowest BCUT2D eigenvalue weighted by atomic mass is 10.1. The first-order chi connectivity index (χ1) is 12.2. The van der Waals surface area contributed by atoms with Gasteiger partial charge in [0.15, 0.2) is 5.16 Å². The van der Waals surface area contributed by atoms with Crippen molar-refractivity contribution in [3.05, 3.63) is 64.3 Å². The van der Waals surface area contributed by atoms with Gasteiger partial charge in [-0.15, -0.1) is 0 Å². The number of halogens is 1. The summed E-state index contributed by atoms with van der Waals surface area (Å²) in [5, 5.41) is 8.43. The molecule has 1 aliphatic rings. The molecule has 25 heavy (non-hydrogen) atoms. The normalized spacial score (nSPS) is 13.0. The minimum atomic E-state index is -0.307. The number of amides is 1. The van der Waals surface area contributed by atoms with Crippen LogP contribution in [0.5, 0.6) is 0 Å². The Labute approximate surface area is 153 Å². The van der Waals surface area contributed by atoms with Crippen molar-refractivity contribution in [1.29, 1.82) is 0 Å². The number of hydrogen-bond acceptors (Lipinski definition) is 5. The summed E-state index contributed by atoms with van der Waals surface area (Å²) in [4.78, 5) is 16.7. The molecular weight excluding hydrogens is 360 g/mol. The molecule has 6 nitrogen and oxygen atoms in total. The highest BCUT2D eigenvalue weighted by molar-refractivity contribution is 7.99. The number of nitrogens with zero attached hydrogens (tertiary/aromatic N) is 3. The third kappa shape index (κ3) is 3.57. The van der Waals surface area contributed by atoms with Crippen molar-refractivity contribution in [2.45, 2.75) is 24.7 Å². The molecule has 0 aliphatic carbocycles. The molecule has 0 radical (unpaired) electrons. The van der Waals surface area contributed by atoms with E-state index in [1.807, 2.05) is 30.5 Å². The van der Waals surface area contributed by atoms with Gasteiger partial charge in [0, 0.05) is 36.0 Å². The van der Waals surface area contributed by atoms with Gasteiger partial charge in [0.05, 0.1) is 17.9 Å². The molecule has 0 bridgehead atoms. The largest absolute Gasteiger partial charge is 0.351 e. The Morgan fingerprint density at radius 2 is 2.24 bits per heavy atom. The summed E-state index contributed by atoms with van der Waals surface area (Å²) in [7, 11) is 0. The number of fused-ring (bicyclic) bond motifs is 1. The maximum absolute atomic E-state index is 12.2. The second kappa shape index (κ2) is 6.93. The molecule has 0 saturated carbocycles. The lowest BCUT2D eigenvalue weighted by molar-refractivity contribution is 0.0913. The van der Waals surface area contributed by atoms with Gasteiger partial charge >= 0.3 is 0 Å². The van der Waals surface area contributed by atoms with Crippen molar-refractivity contribution in [2.24, 2.45) is 0 Å². The Morgan fingerprint density at radius 3 is 3.08 bits per heavy atom. The van der Waals surface area contributed by atoms with Crippen LogP contribution in [0.1, 0.15) is 27.5 Å². The van der Waals surface area contributed by atoms with Crippen LogP contribution >= 0.6 is 23.4 Å². The molecule has 0 atom stereocenters. The Balaban J connectivity index is 1.37. The number of nitrogens with one attached hydrogen (secondary N) is 1. The van der Waals surface area contributed by atoms with E-state index in [0.717, 1.165) is 28.7 Å². The first kappa shape index (κ1) is 16.2. The van der Waals surface area contributed by atoms with Gasteiger partial charge < -0.3 is 14.4 Å². The third-order valence-corrected chi connectivity index (χ3v) is 5.23. The van der Waals surface area contributed by atoms with E-state index in [1.54, 1.807) is 17.8 Å². The number of carbonyl (C=O) groups excluding carboxylic acids is 1. The number of thioether (sulfide) groups is 1. The molecule has 1 aliphatic heterocycles. The second-order valence-electron chi connectivity index (χ2n) is 5.69. The van der Waals surface area contributed by atoms with Gasteiger partial charge in [-0.05, 0) is 11.6 Å². The van der Waals surface area contributed by atoms with E-state index < -0.39 is 0 Å². The SMILES string of the molecule is O=C(NCc1cn2c(n1)SCC2)c1cc(Cc2ccccc2Cl)no1. The van der Waals surface area contributed by atoms with Crippen molar-refractivity contribution in [1.82, 2.24) is 20.0 Å². The highest BCUT2D eigenvalue weighted by atomic mass is 35.5. The summed E-state index contributed by atoms with van der Waals surface area (Å²) in [6.07, 6.45) is 2.49. The summed E-state index contributed by atoms with van der Waals surface area (Å²) in [5.41, 5.74) is 2.44. The number of imidazole rings is 1. The molecule has 128 valence electrons. The van der Waals surface area contributed by atoms with Crippen molar-refractivity contribution in [3.8, 4) is 0 Å². The molecule has 3 aromatic rings. The second-order valence-corrected chi connectivity index (χ2v) is 7.16. The van der Waals surface area contributed by atoms with E-state index in [4.69, 9.17) is 16.1 Å². The molecule has 1 N–H and O–H groups in total. The number of aromatic nitrogens is 3. The Bertz CT molecular complexity index is 900.